The molecule has 13 heavy (non-hydrogen) atoms. The summed E-state index contributed by atoms with van der Waals surface area (Å²) < 4.78 is 41.6. The summed E-state index contributed by atoms with van der Waals surface area (Å²) in [7, 11) is 1.61. The Bertz CT molecular complexity index is 297. The van der Waals surface area contributed by atoms with E-state index in [1.54, 1.807) is 13.2 Å². The molecule has 0 fully saturated rings. The quantitative estimate of drug-likeness (QED) is 0.781. The van der Waals surface area contributed by atoms with Crippen molar-refractivity contribution in [2.45, 2.75) is 6.18 Å². The van der Waals surface area contributed by atoms with Crippen molar-refractivity contribution in [2.24, 2.45) is 7.05 Å². The molecular formula is C6H6F3IN2O. The minimum atomic E-state index is -4.32. The highest BCUT2D eigenvalue weighted by molar-refractivity contribution is 14.1. The minimum Gasteiger partial charge on any atom is -0.466 e. The monoisotopic (exact) mass is 306 g/mol. The van der Waals surface area contributed by atoms with Gasteiger partial charge in [0.05, 0.1) is 3.57 Å². The van der Waals surface area contributed by atoms with Crippen LogP contribution in [0.5, 0.6) is 5.88 Å². The lowest BCUT2D eigenvalue weighted by atomic mass is 10.6. The molecule has 1 aromatic heterocycles. The van der Waals surface area contributed by atoms with Crippen molar-refractivity contribution >= 4 is 22.6 Å². The number of hydrogen-bond donors (Lipinski definition) is 0. The number of hydrogen-bond acceptors (Lipinski definition) is 2. The van der Waals surface area contributed by atoms with Crippen molar-refractivity contribution in [3.05, 3.63) is 9.77 Å². The highest BCUT2D eigenvalue weighted by Gasteiger charge is 2.29. The Morgan fingerprint density at radius 2 is 2.23 bits per heavy atom. The summed E-state index contributed by atoms with van der Waals surface area (Å²) in [6.45, 7) is -1.31. The van der Waals surface area contributed by atoms with Crippen molar-refractivity contribution in [3.8, 4) is 5.88 Å². The van der Waals surface area contributed by atoms with E-state index in [0.29, 0.717) is 3.57 Å². The van der Waals surface area contributed by atoms with Crippen LogP contribution in [0.1, 0.15) is 0 Å². The second kappa shape index (κ2) is 3.72. The third-order valence-corrected chi connectivity index (χ3v) is 1.87. The molecule has 74 valence electrons. The maximum atomic E-state index is 11.7. The Balaban J connectivity index is 2.59. The Hall–Kier alpha value is -0.470. The first kappa shape index (κ1) is 10.6. The van der Waals surface area contributed by atoms with Crippen LogP contribution in [0.4, 0.5) is 13.2 Å². The van der Waals surface area contributed by atoms with Crippen molar-refractivity contribution < 1.29 is 17.9 Å². The van der Waals surface area contributed by atoms with Crippen LogP contribution in [-0.2, 0) is 7.05 Å². The average molecular weight is 306 g/mol. The fourth-order valence-electron chi connectivity index (χ4n) is 0.687. The maximum Gasteiger partial charge on any atom is 0.422 e. The van der Waals surface area contributed by atoms with E-state index in [1.165, 1.54) is 4.68 Å². The van der Waals surface area contributed by atoms with Crippen LogP contribution in [0.2, 0.25) is 0 Å². The zero-order valence-corrected chi connectivity index (χ0v) is 8.76. The topological polar surface area (TPSA) is 27.1 Å². The molecule has 7 heteroatoms. The summed E-state index contributed by atoms with van der Waals surface area (Å²) in [6.07, 6.45) is -2.74. The smallest absolute Gasteiger partial charge is 0.422 e. The van der Waals surface area contributed by atoms with Crippen LogP contribution in [0, 0.1) is 3.57 Å². The SMILES string of the molecule is Cn1cc(I)c(OCC(F)(F)F)n1. The Morgan fingerprint density at radius 1 is 1.62 bits per heavy atom. The van der Waals surface area contributed by atoms with E-state index in [2.05, 4.69) is 9.84 Å². The van der Waals surface area contributed by atoms with Crippen molar-refractivity contribution in [1.29, 1.82) is 0 Å². The van der Waals surface area contributed by atoms with Gasteiger partial charge in [0.1, 0.15) is 0 Å². The van der Waals surface area contributed by atoms with Gasteiger partial charge < -0.3 is 4.74 Å². The largest absolute Gasteiger partial charge is 0.466 e. The molecule has 0 bridgehead atoms. The van der Waals surface area contributed by atoms with E-state index >= 15 is 0 Å². The van der Waals surface area contributed by atoms with Gasteiger partial charge in [-0.3, -0.25) is 4.68 Å². The summed E-state index contributed by atoms with van der Waals surface area (Å²) >= 11 is 1.86. The molecule has 0 aliphatic heterocycles. The van der Waals surface area contributed by atoms with E-state index in [4.69, 9.17) is 0 Å². The molecule has 0 aliphatic carbocycles. The standard InChI is InChI=1S/C6H6F3IN2O/c1-12-2-4(10)5(11-12)13-3-6(7,8)9/h2H,3H2,1H3. The van der Waals surface area contributed by atoms with Crippen LogP contribution in [0.3, 0.4) is 0 Å². The lowest BCUT2D eigenvalue weighted by molar-refractivity contribution is -0.154. The van der Waals surface area contributed by atoms with Crippen LogP contribution in [0.15, 0.2) is 6.20 Å². The molecule has 0 saturated heterocycles. The van der Waals surface area contributed by atoms with Crippen LogP contribution < -0.4 is 4.74 Å². The van der Waals surface area contributed by atoms with Crippen molar-refractivity contribution in [3.63, 3.8) is 0 Å². The van der Waals surface area contributed by atoms with Crippen molar-refractivity contribution in [2.75, 3.05) is 6.61 Å². The van der Waals surface area contributed by atoms with E-state index < -0.39 is 12.8 Å². The molecule has 1 heterocycles. The molecule has 0 amide bonds. The van der Waals surface area contributed by atoms with Crippen LogP contribution in [0.25, 0.3) is 0 Å². The van der Waals surface area contributed by atoms with Gasteiger partial charge in [0.2, 0.25) is 5.88 Å². The molecule has 0 spiro atoms. The van der Waals surface area contributed by atoms with E-state index in [1.807, 2.05) is 22.6 Å². The van der Waals surface area contributed by atoms with Gasteiger partial charge in [0.15, 0.2) is 6.61 Å². The predicted molar refractivity (Wildman–Crippen MR) is 47.5 cm³/mol. The zero-order valence-electron chi connectivity index (χ0n) is 6.60. The van der Waals surface area contributed by atoms with Gasteiger partial charge in [-0.25, -0.2) is 0 Å². The summed E-state index contributed by atoms with van der Waals surface area (Å²) in [5.74, 6) is 0.0143. The van der Waals surface area contributed by atoms with Crippen LogP contribution in [-0.4, -0.2) is 22.6 Å². The number of rotatable bonds is 2. The highest BCUT2D eigenvalue weighted by Crippen LogP contribution is 2.21. The van der Waals surface area contributed by atoms with Crippen LogP contribution >= 0.6 is 22.6 Å². The molecule has 0 saturated carbocycles. The number of ether oxygens (including phenoxy) is 1. The van der Waals surface area contributed by atoms with E-state index in [-0.39, 0.29) is 5.88 Å². The maximum absolute atomic E-state index is 11.7. The Labute approximate surface area is 86.0 Å². The number of aromatic nitrogens is 2. The first-order chi connectivity index (χ1) is 5.88. The normalized spacial score (nSPS) is 11.8. The molecule has 0 radical (unpaired) electrons. The number of aryl methyl sites for hydroxylation is 1. The fraction of sp³-hybridized carbons (Fsp3) is 0.500. The van der Waals surface area contributed by atoms with Gasteiger partial charge in [-0.15, -0.1) is 5.10 Å². The summed E-state index contributed by atoms with van der Waals surface area (Å²) in [5, 5.41) is 3.70. The lowest BCUT2D eigenvalue weighted by Gasteiger charge is -2.06. The lowest BCUT2D eigenvalue weighted by Crippen LogP contribution is -2.19. The first-order valence-electron chi connectivity index (χ1n) is 3.27. The third kappa shape index (κ3) is 3.41. The molecule has 0 aromatic carbocycles. The van der Waals surface area contributed by atoms with E-state index in [0.717, 1.165) is 0 Å². The van der Waals surface area contributed by atoms with Gasteiger partial charge >= 0.3 is 6.18 Å². The van der Waals surface area contributed by atoms with Gasteiger partial charge in [-0.1, -0.05) is 0 Å². The molecule has 0 atom stereocenters. The number of alkyl halides is 3. The third-order valence-electron chi connectivity index (χ3n) is 1.13. The van der Waals surface area contributed by atoms with Gasteiger partial charge in [0.25, 0.3) is 0 Å². The number of halogens is 4. The molecule has 1 aromatic rings. The highest BCUT2D eigenvalue weighted by atomic mass is 127. The second-order valence-electron chi connectivity index (χ2n) is 2.36. The first-order valence-corrected chi connectivity index (χ1v) is 4.35. The summed E-state index contributed by atoms with van der Waals surface area (Å²) in [5.41, 5.74) is 0. The fourth-order valence-corrected chi connectivity index (χ4v) is 1.35. The zero-order chi connectivity index (χ0) is 10.1. The molecule has 1 rings (SSSR count). The predicted octanol–water partition coefficient (Wildman–Crippen LogP) is 1.97. The summed E-state index contributed by atoms with van der Waals surface area (Å²) in [4.78, 5) is 0. The van der Waals surface area contributed by atoms with Crippen molar-refractivity contribution in [1.82, 2.24) is 9.78 Å². The van der Waals surface area contributed by atoms with Gasteiger partial charge in [0, 0.05) is 13.2 Å². The Morgan fingerprint density at radius 3 is 2.62 bits per heavy atom. The molecule has 0 unspecified atom stereocenters. The molecule has 0 N–H and O–H groups in total. The summed E-state index contributed by atoms with van der Waals surface area (Å²) in [6, 6.07) is 0. The van der Waals surface area contributed by atoms with E-state index in [9.17, 15) is 13.2 Å². The minimum absolute atomic E-state index is 0.0143. The number of nitrogens with zero attached hydrogens (tertiary/aromatic N) is 2. The second-order valence-corrected chi connectivity index (χ2v) is 3.52. The molecule has 0 aliphatic rings. The van der Waals surface area contributed by atoms with Gasteiger partial charge in [-0.05, 0) is 22.6 Å². The molecule has 3 nitrogen and oxygen atoms in total. The average Bonchev–Trinajstić information content (AvgIpc) is 2.24. The Kier molecular flexibility index (Phi) is 3.04. The molecular weight excluding hydrogens is 300 g/mol. The van der Waals surface area contributed by atoms with Gasteiger partial charge in [-0.2, -0.15) is 13.2 Å².